The molecule has 2 aromatic carbocycles. The van der Waals surface area contributed by atoms with Gasteiger partial charge in [-0.1, -0.05) is 44.2 Å². The van der Waals surface area contributed by atoms with Gasteiger partial charge in [0, 0.05) is 24.2 Å². The molecule has 3 amide bonds. The number of nitrogens with one attached hydrogen (secondary N) is 2. The van der Waals surface area contributed by atoms with Crippen LogP contribution in [-0.4, -0.2) is 64.1 Å². The lowest BCUT2D eigenvalue weighted by atomic mass is 9.84. The van der Waals surface area contributed by atoms with Crippen LogP contribution in [-0.2, 0) is 16.0 Å². The van der Waals surface area contributed by atoms with Crippen LogP contribution in [0.1, 0.15) is 54.2 Å². The summed E-state index contributed by atoms with van der Waals surface area (Å²) in [5.41, 5.74) is 1.77. The van der Waals surface area contributed by atoms with Gasteiger partial charge in [0.15, 0.2) is 6.10 Å². The van der Waals surface area contributed by atoms with E-state index in [0.717, 1.165) is 5.56 Å². The van der Waals surface area contributed by atoms with E-state index in [9.17, 15) is 24.6 Å². The molecule has 0 saturated carbocycles. The van der Waals surface area contributed by atoms with Crippen LogP contribution in [0.25, 0.3) is 0 Å². The Kier molecular flexibility index (Phi) is 8.40. The third kappa shape index (κ3) is 5.87. The summed E-state index contributed by atoms with van der Waals surface area (Å²) >= 11 is 0. The number of amides is 3. The highest BCUT2D eigenvalue weighted by Crippen LogP contribution is 2.37. The van der Waals surface area contributed by atoms with E-state index in [2.05, 4.69) is 10.6 Å². The number of phenolic OH excluding ortho intramolecular Hbond substituents is 1. The summed E-state index contributed by atoms with van der Waals surface area (Å²) in [5, 5.41) is 27.1. The highest BCUT2D eigenvalue weighted by molar-refractivity contribution is 5.97. The van der Waals surface area contributed by atoms with Crippen LogP contribution in [0.2, 0.25) is 0 Å². The van der Waals surface area contributed by atoms with Crippen molar-refractivity contribution in [3.05, 3.63) is 64.7 Å². The van der Waals surface area contributed by atoms with Gasteiger partial charge in [-0.25, -0.2) is 0 Å². The van der Waals surface area contributed by atoms with Gasteiger partial charge in [0.2, 0.25) is 5.91 Å². The van der Waals surface area contributed by atoms with Crippen molar-refractivity contribution in [3.8, 4) is 5.75 Å². The predicted octanol–water partition coefficient (Wildman–Crippen LogP) is 2.47. The predicted molar refractivity (Wildman–Crippen MR) is 138 cm³/mol. The lowest BCUT2D eigenvalue weighted by Crippen LogP contribution is -2.57. The summed E-state index contributed by atoms with van der Waals surface area (Å²) in [6, 6.07) is 10.8. The first-order valence-corrected chi connectivity index (χ1v) is 12.4. The molecule has 1 saturated heterocycles. The summed E-state index contributed by atoms with van der Waals surface area (Å²) in [5.74, 6) is -1.35. The summed E-state index contributed by atoms with van der Waals surface area (Å²) in [6.45, 7) is 9.86. The fourth-order valence-electron chi connectivity index (χ4n) is 4.87. The van der Waals surface area contributed by atoms with Crippen molar-refractivity contribution in [3.63, 3.8) is 0 Å². The average molecular weight is 496 g/mol. The van der Waals surface area contributed by atoms with Crippen LogP contribution in [0.15, 0.2) is 42.5 Å². The molecule has 1 unspecified atom stereocenters. The zero-order valence-electron chi connectivity index (χ0n) is 21.7. The van der Waals surface area contributed by atoms with Gasteiger partial charge >= 0.3 is 0 Å². The van der Waals surface area contributed by atoms with Crippen molar-refractivity contribution < 1.29 is 24.6 Å². The minimum Gasteiger partial charge on any atom is -0.508 e. The van der Waals surface area contributed by atoms with Gasteiger partial charge in [0.05, 0.1) is 6.04 Å². The van der Waals surface area contributed by atoms with E-state index in [1.165, 1.54) is 4.90 Å². The molecule has 0 radical (unpaired) electrons. The second-order valence-corrected chi connectivity index (χ2v) is 10.2. The van der Waals surface area contributed by atoms with Crippen molar-refractivity contribution in [2.45, 2.75) is 65.6 Å². The Bertz CT molecular complexity index is 1120. The van der Waals surface area contributed by atoms with Crippen molar-refractivity contribution in [1.29, 1.82) is 0 Å². The van der Waals surface area contributed by atoms with Crippen LogP contribution in [0.3, 0.4) is 0 Å². The van der Waals surface area contributed by atoms with E-state index < -0.39 is 35.4 Å². The topological polar surface area (TPSA) is 119 Å². The molecular formula is C28H37N3O5. The third-order valence-electron chi connectivity index (χ3n) is 6.95. The maximum atomic E-state index is 13.6. The number of likely N-dealkylation sites (tertiary alicyclic amines) is 1. The number of nitrogens with zero attached hydrogens (tertiary/aromatic N) is 1. The second-order valence-electron chi connectivity index (χ2n) is 10.2. The first kappa shape index (κ1) is 27.2. The zero-order valence-corrected chi connectivity index (χ0v) is 21.7. The Morgan fingerprint density at radius 3 is 2.44 bits per heavy atom. The monoisotopic (exact) mass is 495 g/mol. The molecule has 3 atom stereocenters. The number of aliphatic hydroxyl groups is 1. The highest BCUT2D eigenvalue weighted by Gasteiger charge is 2.48. The number of benzene rings is 2. The molecule has 4 N–H and O–H groups in total. The van der Waals surface area contributed by atoms with E-state index in [-0.39, 0.29) is 23.6 Å². The van der Waals surface area contributed by atoms with Crippen LogP contribution in [0, 0.1) is 19.3 Å². The van der Waals surface area contributed by atoms with Gasteiger partial charge in [0.1, 0.15) is 11.8 Å². The number of carbonyl (C=O) groups excluding carboxylic acids is 3. The van der Waals surface area contributed by atoms with E-state index in [1.807, 2.05) is 51.1 Å². The van der Waals surface area contributed by atoms with E-state index in [4.69, 9.17) is 0 Å². The molecular weight excluding hydrogens is 458 g/mol. The Morgan fingerprint density at radius 2 is 1.81 bits per heavy atom. The number of hydrogen-bond donors (Lipinski definition) is 4. The van der Waals surface area contributed by atoms with E-state index in [0.29, 0.717) is 30.6 Å². The number of phenols is 1. The molecule has 0 aliphatic carbocycles. The lowest BCUT2D eigenvalue weighted by Gasteiger charge is -2.34. The second kappa shape index (κ2) is 11.1. The number of carbonyl (C=O) groups is 3. The van der Waals surface area contributed by atoms with E-state index in [1.54, 1.807) is 26.0 Å². The van der Waals surface area contributed by atoms with Crippen LogP contribution in [0.5, 0.6) is 5.75 Å². The van der Waals surface area contributed by atoms with Crippen LogP contribution >= 0.6 is 0 Å². The van der Waals surface area contributed by atoms with Gasteiger partial charge in [-0.3, -0.25) is 14.4 Å². The van der Waals surface area contributed by atoms with Crippen molar-refractivity contribution in [2.24, 2.45) is 5.41 Å². The average Bonchev–Trinajstić information content (AvgIpc) is 3.15. The first-order valence-electron chi connectivity index (χ1n) is 12.4. The summed E-state index contributed by atoms with van der Waals surface area (Å²) in [6.07, 6.45) is -0.747. The molecule has 1 aliphatic rings. The Labute approximate surface area is 212 Å². The molecule has 1 aliphatic heterocycles. The van der Waals surface area contributed by atoms with Crippen LogP contribution < -0.4 is 10.6 Å². The highest BCUT2D eigenvalue weighted by atomic mass is 16.3. The molecule has 0 aromatic heterocycles. The van der Waals surface area contributed by atoms with Gasteiger partial charge < -0.3 is 25.7 Å². The number of likely N-dealkylation sites (N-methyl/N-ethyl adjacent to an activating group) is 1. The fraction of sp³-hybridized carbons (Fsp3) is 0.464. The maximum Gasteiger partial charge on any atom is 0.254 e. The summed E-state index contributed by atoms with van der Waals surface area (Å²) in [7, 11) is 0. The number of aryl methyl sites for hydroxylation is 1. The van der Waals surface area contributed by atoms with Gasteiger partial charge in [-0.05, 0) is 62.3 Å². The molecule has 2 aromatic rings. The Balaban J connectivity index is 1.91. The third-order valence-corrected chi connectivity index (χ3v) is 6.95. The summed E-state index contributed by atoms with van der Waals surface area (Å²) < 4.78 is 0. The molecule has 8 heteroatoms. The van der Waals surface area contributed by atoms with Crippen molar-refractivity contribution in [2.75, 3.05) is 13.1 Å². The van der Waals surface area contributed by atoms with Gasteiger partial charge in [0.25, 0.3) is 11.8 Å². The number of aromatic hydroxyl groups is 1. The normalized spacial score (nSPS) is 18.4. The largest absolute Gasteiger partial charge is 0.508 e. The van der Waals surface area contributed by atoms with Crippen molar-refractivity contribution in [1.82, 2.24) is 15.5 Å². The first-order chi connectivity index (χ1) is 17.0. The maximum absolute atomic E-state index is 13.6. The smallest absolute Gasteiger partial charge is 0.254 e. The molecule has 0 bridgehead atoms. The molecule has 0 spiro atoms. The molecule has 36 heavy (non-hydrogen) atoms. The SMILES string of the molecule is CCNC(=O)C1N(C(=O)[C@@H](O)[C@H](Cc2ccccc2)NC(=O)c2cc(C)cc(O)c2C)CCC1(C)C. The Morgan fingerprint density at radius 1 is 1.14 bits per heavy atom. The molecule has 194 valence electrons. The number of aliphatic hydroxyl groups excluding tert-OH is 1. The fourth-order valence-corrected chi connectivity index (χ4v) is 4.87. The zero-order chi connectivity index (χ0) is 26.6. The summed E-state index contributed by atoms with van der Waals surface area (Å²) in [4.78, 5) is 41.1. The van der Waals surface area contributed by atoms with Crippen molar-refractivity contribution >= 4 is 17.7 Å². The number of hydrogen-bond acceptors (Lipinski definition) is 5. The molecule has 1 heterocycles. The van der Waals surface area contributed by atoms with E-state index >= 15 is 0 Å². The quantitative estimate of drug-likeness (QED) is 0.449. The molecule has 3 rings (SSSR count). The lowest BCUT2D eigenvalue weighted by molar-refractivity contribution is -0.148. The standard InChI is InChI=1S/C28H37N3O5/c1-6-29-26(35)24-28(4,5)12-13-31(24)27(36)23(33)21(16-19-10-8-7-9-11-19)30-25(34)20-14-17(2)15-22(32)18(20)3/h7-11,14-15,21,23-24,32-33H,6,12-13,16H2,1-5H3,(H,29,35)(H,30,34)/t21-,23-,24?/m0/s1. The minimum atomic E-state index is -1.57. The van der Waals surface area contributed by atoms with Gasteiger partial charge in [-0.2, -0.15) is 0 Å². The molecule has 8 nitrogen and oxygen atoms in total. The Hall–Kier alpha value is -3.39. The number of rotatable bonds is 8. The van der Waals surface area contributed by atoms with Crippen LogP contribution in [0.4, 0.5) is 0 Å². The molecule has 1 fully saturated rings. The minimum absolute atomic E-state index is 0.000427. The van der Waals surface area contributed by atoms with Gasteiger partial charge in [-0.15, -0.1) is 0 Å².